The molecule has 0 aliphatic carbocycles. The van der Waals surface area contributed by atoms with E-state index in [2.05, 4.69) is 20.2 Å². The molecule has 1 unspecified atom stereocenters. The summed E-state index contributed by atoms with van der Waals surface area (Å²) in [5.74, 6) is 0.924. The van der Waals surface area contributed by atoms with E-state index in [1.54, 1.807) is 13.3 Å². The van der Waals surface area contributed by atoms with Crippen molar-refractivity contribution < 1.29 is 4.79 Å². The molecule has 0 saturated carbocycles. The van der Waals surface area contributed by atoms with Gasteiger partial charge in [0.1, 0.15) is 12.1 Å². The van der Waals surface area contributed by atoms with E-state index in [-0.39, 0.29) is 11.9 Å². The first-order valence-electron chi connectivity index (χ1n) is 7.06. The number of rotatable bonds is 2. The highest BCUT2D eigenvalue weighted by Gasteiger charge is 2.22. The first kappa shape index (κ1) is 14.1. The number of fused-ring (bicyclic) bond motifs is 1. The van der Waals surface area contributed by atoms with Crippen LogP contribution in [0.1, 0.15) is 19.8 Å². The minimum Gasteiger partial charge on any atom is -0.354 e. The van der Waals surface area contributed by atoms with Crippen LogP contribution in [0.25, 0.3) is 10.9 Å². The Morgan fingerprint density at radius 2 is 2.29 bits per heavy atom. The number of hydrogen-bond acceptors (Lipinski definition) is 4. The Morgan fingerprint density at radius 3 is 3.10 bits per heavy atom. The van der Waals surface area contributed by atoms with Crippen molar-refractivity contribution in [2.45, 2.75) is 25.8 Å². The number of carbonyl (C=O) groups is 1. The third-order valence-corrected chi connectivity index (χ3v) is 3.94. The lowest BCUT2D eigenvalue weighted by Crippen LogP contribution is -2.47. The molecule has 2 aromatic rings. The molecule has 1 aliphatic heterocycles. The van der Waals surface area contributed by atoms with Gasteiger partial charge in [-0.25, -0.2) is 9.97 Å². The maximum Gasteiger partial charge on any atom is 0.217 e. The van der Waals surface area contributed by atoms with Crippen LogP contribution >= 0.6 is 11.6 Å². The molecule has 21 heavy (non-hydrogen) atoms. The molecule has 1 aromatic heterocycles. The zero-order valence-corrected chi connectivity index (χ0v) is 12.6. The van der Waals surface area contributed by atoms with Gasteiger partial charge in [0.2, 0.25) is 5.91 Å². The molecule has 1 aliphatic rings. The van der Waals surface area contributed by atoms with Gasteiger partial charge in [0.05, 0.1) is 5.52 Å². The predicted octanol–water partition coefficient (Wildman–Crippen LogP) is 2.39. The van der Waals surface area contributed by atoms with Gasteiger partial charge < -0.3 is 10.2 Å². The van der Waals surface area contributed by atoms with Crippen molar-refractivity contribution in [2.24, 2.45) is 0 Å². The summed E-state index contributed by atoms with van der Waals surface area (Å²) in [4.78, 5) is 22.2. The van der Waals surface area contributed by atoms with Crippen LogP contribution in [-0.2, 0) is 4.79 Å². The fraction of sp³-hybridized carbons (Fsp3) is 0.400. The van der Waals surface area contributed by atoms with Gasteiger partial charge in [0.15, 0.2) is 0 Å². The van der Waals surface area contributed by atoms with E-state index >= 15 is 0 Å². The number of nitrogens with zero attached hydrogens (tertiary/aromatic N) is 3. The predicted molar refractivity (Wildman–Crippen MR) is 83.6 cm³/mol. The van der Waals surface area contributed by atoms with Crippen molar-refractivity contribution in [3.63, 3.8) is 0 Å². The highest BCUT2D eigenvalue weighted by Crippen LogP contribution is 2.27. The third kappa shape index (κ3) is 3.08. The normalized spacial score (nSPS) is 18.8. The zero-order chi connectivity index (χ0) is 14.8. The van der Waals surface area contributed by atoms with Gasteiger partial charge in [0.25, 0.3) is 0 Å². The largest absolute Gasteiger partial charge is 0.354 e. The van der Waals surface area contributed by atoms with Crippen LogP contribution in [0.2, 0.25) is 5.02 Å². The Balaban J connectivity index is 1.91. The number of aromatic nitrogens is 2. The van der Waals surface area contributed by atoms with Gasteiger partial charge >= 0.3 is 0 Å². The number of carbonyl (C=O) groups excluding carboxylic acids is 1. The summed E-state index contributed by atoms with van der Waals surface area (Å²) < 4.78 is 0. The number of anilines is 1. The van der Waals surface area contributed by atoms with Crippen molar-refractivity contribution in [3.8, 4) is 0 Å². The third-order valence-electron chi connectivity index (χ3n) is 3.71. The van der Waals surface area contributed by atoms with E-state index in [1.807, 2.05) is 18.2 Å². The van der Waals surface area contributed by atoms with Crippen LogP contribution in [0.15, 0.2) is 24.5 Å². The summed E-state index contributed by atoms with van der Waals surface area (Å²) in [7, 11) is 0. The van der Waals surface area contributed by atoms with Crippen LogP contribution in [0.5, 0.6) is 0 Å². The highest BCUT2D eigenvalue weighted by atomic mass is 35.5. The molecule has 1 aromatic carbocycles. The highest BCUT2D eigenvalue weighted by molar-refractivity contribution is 6.31. The molecule has 110 valence electrons. The minimum atomic E-state index is 0.0150. The van der Waals surface area contributed by atoms with Crippen LogP contribution in [0.3, 0.4) is 0 Å². The number of nitrogens with one attached hydrogen (secondary N) is 1. The maximum absolute atomic E-state index is 11.2. The fourth-order valence-electron chi connectivity index (χ4n) is 2.84. The van der Waals surface area contributed by atoms with Gasteiger partial charge in [-0.2, -0.15) is 0 Å². The van der Waals surface area contributed by atoms with E-state index in [0.29, 0.717) is 5.02 Å². The number of benzene rings is 1. The minimum absolute atomic E-state index is 0.0150. The van der Waals surface area contributed by atoms with Crippen molar-refractivity contribution in [2.75, 3.05) is 18.0 Å². The Kier molecular flexibility index (Phi) is 3.92. The van der Waals surface area contributed by atoms with Crippen molar-refractivity contribution in [1.82, 2.24) is 15.3 Å². The Labute approximate surface area is 128 Å². The summed E-state index contributed by atoms with van der Waals surface area (Å²) in [6.45, 7) is 3.26. The lowest BCUT2D eigenvalue weighted by atomic mass is 10.1. The van der Waals surface area contributed by atoms with Crippen LogP contribution in [0.4, 0.5) is 5.82 Å². The van der Waals surface area contributed by atoms with E-state index < -0.39 is 0 Å². The van der Waals surface area contributed by atoms with E-state index in [0.717, 1.165) is 42.7 Å². The molecular weight excluding hydrogens is 288 g/mol. The Morgan fingerprint density at radius 1 is 1.43 bits per heavy atom. The monoisotopic (exact) mass is 304 g/mol. The Bertz CT molecular complexity index is 676. The van der Waals surface area contributed by atoms with Gasteiger partial charge in [-0.1, -0.05) is 11.6 Å². The van der Waals surface area contributed by atoms with Crippen molar-refractivity contribution >= 4 is 34.2 Å². The topological polar surface area (TPSA) is 58.1 Å². The second-order valence-electron chi connectivity index (χ2n) is 5.34. The first-order chi connectivity index (χ1) is 10.1. The van der Waals surface area contributed by atoms with E-state index in [4.69, 9.17) is 11.6 Å². The molecule has 1 N–H and O–H groups in total. The lowest BCUT2D eigenvalue weighted by molar-refractivity contribution is -0.119. The number of amides is 1. The molecule has 2 heterocycles. The van der Waals surface area contributed by atoms with Crippen LogP contribution in [-0.4, -0.2) is 35.0 Å². The Hall–Kier alpha value is -1.88. The van der Waals surface area contributed by atoms with Gasteiger partial charge in [-0.3, -0.25) is 4.79 Å². The van der Waals surface area contributed by atoms with Crippen LogP contribution in [0, 0.1) is 0 Å². The molecular formula is C15H17ClN4O. The van der Waals surface area contributed by atoms with E-state index in [1.165, 1.54) is 0 Å². The summed E-state index contributed by atoms with van der Waals surface area (Å²) in [5.41, 5.74) is 0.842. The summed E-state index contributed by atoms with van der Waals surface area (Å²) in [5, 5.41) is 4.65. The van der Waals surface area contributed by atoms with Crippen LogP contribution < -0.4 is 10.2 Å². The van der Waals surface area contributed by atoms with Crippen molar-refractivity contribution in [3.05, 3.63) is 29.5 Å². The smallest absolute Gasteiger partial charge is 0.217 e. The zero-order valence-electron chi connectivity index (χ0n) is 11.8. The van der Waals surface area contributed by atoms with Gasteiger partial charge in [0, 0.05) is 36.5 Å². The molecule has 1 fully saturated rings. The summed E-state index contributed by atoms with van der Waals surface area (Å²) in [6.07, 6.45) is 3.60. The fourth-order valence-corrected chi connectivity index (χ4v) is 3.01. The summed E-state index contributed by atoms with van der Waals surface area (Å²) >= 11 is 6.02. The molecule has 0 bridgehead atoms. The average Bonchev–Trinajstić information content (AvgIpc) is 2.46. The van der Waals surface area contributed by atoms with E-state index in [9.17, 15) is 4.79 Å². The molecule has 1 atom stereocenters. The molecule has 6 heteroatoms. The van der Waals surface area contributed by atoms with Gasteiger partial charge in [-0.15, -0.1) is 0 Å². The molecule has 1 amide bonds. The number of hydrogen-bond donors (Lipinski definition) is 1. The summed E-state index contributed by atoms with van der Waals surface area (Å²) in [6, 6.07) is 5.83. The standard InChI is InChI=1S/C15H17ClN4O/c1-10(21)19-12-3-2-6-20(8-12)15-13-5-4-11(16)7-14(13)17-9-18-15/h4-5,7,9,12H,2-3,6,8H2,1H3,(H,19,21). The van der Waals surface area contributed by atoms with Crippen molar-refractivity contribution in [1.29, 1.82) is 0 Å². The number of halogens is 1. The maximum atomic E-state index is 11.2. The van der Waals surface area contributed by atoms with Gasteiger partial charge in [-0.05, 0) is 31.0 Å². The molecule has 3 rings (SSSR count). The molecule has 0 radical (unpaired) electrons. The first-order valence-corrected chi connectivity index (χ1v) is 7.43. The second-order valence-corrected chi connectivity index (χ2v) is 5.78. The molecule has 0 spiro atoms. The SMILES string of the molecule is CC(=O)NC1CCCN(c2ncnc3cc(Cl)ccc23)C1. The number of piperidine rings is 1. The second kappa shape index (κ2) is 5.85. The molecule has 1 saturated heterocycles. The quantitative estimate of drug-likeness (QED) is 0.925. The molecule has 5 nitrogen and oxygen atoms in total. The lowest BCUT2D eigenvalue weighted by Gasteiger charge is -2.34. The average molecular weight is 305 g/mol.